The molecule has 1 heterocycles. The van der Waals surface area contributed by atoms with Gasteiger partial charge in [-0.1, -0.05) is 42.5 Å². The summed E-state index contributed by atoms with van der Waals surface area (Å²) in [5.74, 6) is 0.856. The molecule has 28 heavy (non-hydrogen) atoms. The maximum atomic E-state index is 5.93. The lowest BCUT2D eigenvalue weighted by atomic mass is 10.00. The smallest absolute Gasteiger partial charge is 0.191 e. The summed E-state index contributed by atoms with van der Waals surface area (Å²) in [7, 11) is 0. The van der Waals surface area contributed by atoms with E-state index in [0.717, 1.165) is 58.1 Å². The van der Waals surface area contributed by atoms with E-state index in [4.69, 9.17) is 14.5 Å². The van der Waals surface area contributed by atoms with Crippen molar-refractivity contribution in [2.75, 3.05) is 32.9 Å². The van der Waals surface area contributed by atoms with E-state index in [-0.39, 0.29) is 6.04 Å². The topological polar surface area (TPSA) is 54.9 Å². The average Bonchev–Trinajstić information content (AvgIpc) is 2.74. The van der Waals surface area contributed by atoms with Crippen LogP contribution in [-0.2, 0) is 9.47 Å². The van der Waals surface area contributed by atoms with Crippen LogP contribution < -0.4 is 10.6 Å². The van der Waals surface area contributed by atoms with Gasteiger partial charge < -0.3 is 20.1 Å². The molecule has 1 fully saturated rings. The number of guanidine groups is 1. The second-order valence-electron chi connectivity index (χ2n) is 7.23. The van der Waals surface area contributed by atoms with Crippen LogP contribution >= 0.6 is 0 Å². The third-order valence-electron chi connectivity index (χ3n) is 5.08. The van der Waals surface area contributed by atoms with Gasteiger partial charge >= 0.3 is 0 Å². The number of nitrogens with one attached hydrogen (secondary N) is 2. The summed E-state index contributed by atoms with van der Waals surface area (Å²) in [5, 5.41) is 9.45. The molecule has 2 aromatic rings. The van der Waals surface area contributed by atoms with Crippen LogP contribution in [0.3, 0.4) is 0 Å². The van der Waals surface area contributed by atoms with Crippen molar-refractivity contribution < 1.29 is 9.47 Å². The Labute approximate surface area is 168 Å². The maximum absolute atomic E-state index is 5.93. The quantitative estimate of drug-likeness (QED) is 0.410. The second kappa shape index (κ2) is 11.0. The number of aliphatic imine (C=N–C) groups is 1. The van der Waals surface area contributed by atoms with Gasteiger partial charge in [-0.05, 0) is 49.4 Å². The van der Waals surface area contributed by atoms with E-state index in [1.54, 1.807) is 0 Å². The summed E-state index contributed by atoms with van der Waals surface area (Å²) < 4.78 is 11.3. The van der Waals surface area contributed by atoms with Crippen molar-refractivity contribution in [3.05, 3.63) is 48.0 Å². The molecule has 3 rings (SSSR count). The van der Waals surface area contributed by atoms with Crippen LogP contribution in [0.25, 0.3) is 10.8 Å². The first kappa shape index (κ1) is 20.6. The summed E-state index contributed by atoms with van der Waals surface area (Å²) >= 11 is 0. The Kier molecular flexibility index (Phi) is 8.12. The molecule has 1 saturated heterocycles. The molecule has 1 unspecified atom stereocenters. The van der Waals surface area contributed by atoms with Crippen molar-refractivity contribution in [2.45, 2.75) is 45.3 Å². The zero-order valence-corrected chi connectivity index (χ0v) is 17.1. The third-order valence-corrected chi connectivity index (χ3v) is 5.08. The maximum Gasteiger partial charge on any atom is 0.191 e. The van der Waals surface area contributed by atoms with Crippen LogP contribution in [0.1, 0.15) is 44.7 Å². The van der Waals surface area contributed by atoms with E-state index >= 15 is 0 Å². The van der Waals surface area contributed by atoms with Crippen molar-refractivity contribution in [1.82, 2.24) is 10.6 Å². The predicted molar refractivity (Wildman–Crippen MR) is 116 cm³/mol. The number of hydrogen-bond donors (Lipinski definition) is 2. The average molecular weight is 384 g/mol. The van der Waals surface area contributed by atoms with Crippen LogP contribution in [0.4, 0.5) is 0 Å². The van der Waals surface area contributed by atoms with Gasteiger partial charge in [0.2, 0.25) is 0 Å². The highest BCUT2D eigenvalue weighted by Crippen LogP contribution is 2.23. The molecule has 0 bridgehead atoms. The third kappa shape index (κ3) is 5.94. The molecule has 1 aliphatic rings. The van der Waals surface area contributed by atoms with E-state index in [1.165, 1.54) is 16.3 Å². The lowest BCUT2D eigenvalue weighted by Gasteiger charge is -2.22. The Morgan fingerprint density at radius 3 is 2.79 bits per heavy atom. The van der Waals surface area contributed by atoms with Crippen LogP contribution in [0.5, 0.6) is 0 Å². The summed E-state index contributed by atoms with van der Waals surface area (Å²) in [6, 6.07) is 15.1. The number of hydrogen-bond acceptors (Lipinski definition) is 3. The van der Waals surface area contributed by atoms with Crippen molar-refractivity contribution in [3.63, 3.8) is 0 Å². The minimum absolute atomic E-state index is 0.169. The molecular formula is C23H33N3O2. The van der Waals surface area contributed by atoms with Gasteiger partial charge in [0.05, 0.1) is 12.1 Å². The summed E-state index contributed by atoms with van der Waals surface area (Å²) in [4.78, 5) is 4.73. The van der Waals surface area contributed by atoms with E-state index in [9.17, 15) is 0 Å². The first-order valence-corrected chi connectivity index (χ1v) is 10.5. The summed E-state index contributed by atoms with van der Waals surface area (Å²) in [5.41, 5.74) is 1.28. The molecule has 2 N–H and O–H groups in total. The molecule has 0 aliphatic carbocycles. The number of rotatable bonds is 8. The Morgan fingerprint density at radius 2 is 1.96 bits per heavy atom. The monoisotopic (exact) mass is 383 g/mol. The highest BCUT2D eigenvalue weighted by atomic mass is 16.5. The number of fused-ring (bicyclic) bond motifs is 1. The molecule has 0 amide bonds. The highest BCUT2D eigenvalue weighted by molar-refractivity contribution is 5.87. The molecule has 1 atom stereocenters. The second-order valence-corrected chi connectivity index (χ2v) is 7.23. The normalized spacial score (nSPS) is 16.9. The zero-order chi connectivity index (χ0) is 19.6. The molecule has 0 aromatic heterocycles. The molecule has 152 valence electrons. The van der Waals surface area contributed by atoms with Crippen LogP contribution in [0, 0.1) is 0 Å². The molecule has 0 saturated carbocycles. The minimum atomic E-state index is 0.169. The Hall–Kier alpha value is -2.11. The van der Waals surface area contributed by atoms with Gasteiger partial charge in [0.25, 0.3) is 0 Å². The van der Waals surface area contributed by atoms with E-state index in [0.29, 0.717) is 6.10 Å². The first-order valence-electron chi connectivity index (χ1n) is 10.5. The lowest BCUT2D eigenvalue weighted by Crippen LogP contribution is -2.39. The standard InChI is InChI=1S/C23H33N3O2/c1-3-24-23(25-14-7-15-28-20-12-16-27-17-13-20)26-18(2)21-11-6-9-19-8-4-5-10-22(19)21/h4-6,8-11,18,20H,3,7,12-17H2,1-2H3,(H2,24,25,26). The lowest BCUT2D eigenvalue weighted by molar-refractivity contribution is -0.0318. The predicted octanol–water partition coefficient (Wildman–Crippen LogP) is 4.04. The molecule has 2 aromatic carbocycles. The van der Waals surface area contributed by atoms with Gasteiger partial charge in [-0.25, -0.2) is 0 Å². The Bertz CT molecular complexity index is 751. The summed E-state index contributed by atoms with van der Waals surface area (Å²) in [6.45, 7) is 8.27. The molecule has 0 radical (unpaired) electrons. The van der Waals surface area contributed by atoms with Gasteiger partial charge in [0.1, 0.15) is 0 Å². The summed E-state index contributed by atoms with van der Waals surface area (Å²) in [6.07, 6.45) is 3.30. The fraction of sp³-hybridized carbons (Fsp3) is 0.522. The van der Waals surface area contributed by atoms with Crippen molar-refractivity contribution in [3.8, 4) is 0 Å². The Morgan fingerprint density at radius 1 is 1.18 bits per heavy atom. The van der Waals surface area contributed by atoms with Crippen molar-refractivity contribution in [1.29, 1.82) is 0 Å². The van der Waals surface area contributed by atoms with Gasteiger partial charge in [-0.2, -0.15) is 0 Å². The van der Waals surface area contributed by atoms with Gasteiger partial charge in [-0.15, -0.1) is 0 Å². The fourth-order valence-electron chi connectivity index (χ4n) is 3.58. The SMILES string of the molecule is CCNC(=NCCCOC1CCOCC1)NC(C)c1cccc2ccccc12. The van der Waals surface area contributed by atoms with E-state index in [2.05, 4.69) is 66.9 Å². The number of benzene rings is 2. The molecule has 5 heteroatoms. The largest absolute Gasteiger partial charge is 0.381 e. The minimum Gasteiger partial charge on any atom is -0.381 e. The molecule has 0 spiro atoms. The van der Waals surface area contributed by atoms with Gasteiger partial charge in [0, 0.05) is 32.9 Å². The van der Waals surface area contributed by atoms with Gasteiger partial charge in [0.15, 0.2) is 5.96 Å². The Balaban J connectivity index is 1.53. The van der Waals surface area contributed by atoms with Crippen LogP contribution in [0.2, 0.25) is 0 Å². The van der Waals surface area contributed by atoms with Crippen molar-refractivity contribution >= 4 is 16.7 Å². The van der Waals surface area contributed by atoms with E-state index in [1.807, 2.05) is 0 Å². The number of ether oxygens (including phenoxy) is 2. The molecule has 5 nitrogen and oxygen atoms in total. The first-order chi connectivity index (χ1) is 13.8. The fourth-order valence-corrected chi connectivity index (χ4v) is 3.58. The zero-order valence-electron chi connectivity index (χ0n) is 17.1. The van der Waals surface area contributed by atoms with Crippen LogP contribution in [0.15, 0.2) is 47.5 Å². The number of nitrogens with zero attached hydrogens (tertiary/aromatic N) is 1. The molecular weight excluding hydrogens is 350 g/mol. The van der Waals surface area contributed by atoms with Gasteiger partial charge in [-0.3, -0.25) is 4.99 Å². The molecule has 1 aliphatic heterocycles. The van der Waals surface area contributed by atoms with E-state index < -0.39 is 0 Å². The van der Waals surface area contributed by atoms with Crippen molar-refractivity contribution in [2.24, 2.45) is 4.99 Å². The highest BCUT2D eigenvalue weighted by Gasteiger charge is 2.14. The van der Waals surface area contributed by atoms with Crippen LogP contribution in [-0.4, -0.2) is 45.0 Å².